The van der Waals surface area contributed by atoms with Gasteiger partial charge in [-0.25, -0.2) is 8.42 Å². The third kappa shape index (κ3) is 9.46. The van der Waals surface area contributed by atoms with Crippen molar-refractivity contribution in [2.24, 2.45) is 5.73 Å². The summed E-state index contributed by atoms with van der Waals surface area (Å²) in [5.41, 5.74) is 9.30. The van der Waals surface area contributed by atoms with Gasteiger partial charge in [0.1, 0.15) is 16.7 Å². The molecule has 0 aliphatic carbocycles. The largest absolute Gasteiger partial charge is 0.744 e. The van der Waals surface area contributed by atoms with Crippen LogP contribution in [0, 0.1) is 0 Å². The van der Waals surface area contributed by atoms with E-state index in [1.54, 1.807) is 12.1 Å². The number of fused-ring (bicyclic) bond motifs is 2. The maximum absolute atomic E-state index is 12.0. The Bertz CT molecular complexity index is 2200. The van der Waals surface area contributed by atoms with Crippen molar-refractivity contribution in [2.75, 3.05) is 23.7 Å². The number of nitrogens with two attached hydrogens (primary N) is 1. The Hall–Kier alpha value is -3.67. The van der Waals surface area contributed by atoms with Gasteiger partial charge in [-0.15, -0.1) is 0 Å². The summed E-state index contributed by atoms with van der Waals surface area (Å²) in [7, 11) is -13.3. The molecule has 2 aliphatic heterocycles. The summed E-state index contributed by atoms with van der Waals surface area (Å²) in [5.74, 6) is -0.751. The fourth-order valence-corrected chi connectivity index (χ4v) is 8.46. The number of rotatable bonds is 16. The van der Waals surface area contributed by atoms with Crippen LogP contribution in [0.15, 0.2) is 81.8 Å². The average Bonchev–Trinajstić information content (AvgIpc) is 3.36. The normalized spacial score (nSPS) is 18.0. The van der Waals surface area contributed by atoms with Crippen molar-refractivity contribution in [3.05, 3.63) is 83.1 Å². The number of amides is 1. The second-order valence-electron chi connectivity index (χ2n) is 14.3. The monoisotopic (exact) mass is 777 g/mol. The van der Waals surface area contributed by atoms with E-state index in [9.17, 15) is 43.7 Å². The molecule has 52 heavy (non-hydrogen) atoms. The van der Waals surface area contributed by atoms with Crippen LogP contribution in [0.4, 0.5) is 11.4 Å². The minimum Gasteiger partial charge on any atom is -0.744 e. The van der Waals surface area contributed by atoms with Crippen molar-refractivity contribution in [2.45, 2.75) is 93.8 Å². The standard InChI is InChI=1S/C36H47N3O10S3/c1-25(12-18-32-35(2,3)28-23-26(51(44,45)46)14-16-30(28)38(32)20-8-6-7-11-34(37)40)13-19-33-36(4,5)29-24-27(52(47,48)49)15-17-31(29)39(33)21-9-10-22-50(41,42)43/h12-19,23-24H,6-11,20-22H2,1-5H3,(H4-,37,40,41,42,43,44,45,46,47,48,49). The summed E-state index contributed by atoms with van der Waals surface area (Å²) in [4.78, 5) is 12.7. The van der Waals surface area contributed by atoms with Gasteiger partial charge < -0.3 is 15.2 Å². The molecule has 2 aromatic carbocycles. The summed E-state index contributed by atoms with van der Waals surface area (Å²) in [6.45, 7) is 10.6. The van der Waals surface area contributed by atoms with Crippen molar-refractivity contribution < 1.29 is 48.3 Å². The molecule has 0 radical (unpaired) electrons. The Kier molecular flexibility index (Phi) is 12.1. The van der Waals surface area contributed by atoms with Crippen LogP contribution in [-0.2, 0) is 46.0 Å². The molecule has 0 unspecified atom stereocenters. The van der Waals surface area contributed by atoms with Crippen molar-refractivity contribution >= 4 is 53.3 Å². The van der Waals surface area contributed by atoms with Crippen LogP contribution in [0.1, 0.15) is 84.3 Å². The Balaban J connectivity index is 1.71. The molecule has 0 fully saturated rings. The van der Waals surface area contributed by atoms with E-state index in [4.69, 9.17) is 5.73 Å². The predicted octanol–water partition coefficient (Wildman–Crippen LogP) is 5.11. The van der Waals surface area contributed by atoms with Gasteiger partial charge in [-0.2, -0.15) is 21.4 Å². The molecule has 16 heteroatoms. The number of hydrogen-bond acceptors (Lipinski definition) is 9. The van der Waals surface area contributed by atoms with Gasteiger partial charge in [-0.05, 0) is 88.4 Å². The van der Waals surface area contributed by atoms with Crippen LogP contribution >= 0.6 is 0 Å². The number of carbonyl (C=O) groups is 1. The summed E-state index contributed by atoms with van der Waals surface area (Å²) in [6.07, 6.45) is 10.7. The maximum atomic E-state index is 12.0. The van der Waals surface area contributed by atoms with Gasteiger partial charge >= 0.3 is 0 Å². The second-order valence-corrected chi connectivity index (χ2v) is 18.7. The van der Waals surface area contributed by atoms with E-state index in [1.807, 2.05) is 63.8 Å². The summed E-state index contributed by atoms with van der Waals surface area (Å²) in [6, 6.07) is 8.77. The van der Waals surface area contributed by atoms with Crippen molar-refractivity contribution in [1.82, 2.24) is 0 Å². The third-order valence-corrected chi connectivity index (χ3v) is 12.1. The molecule has 4 N–H and O–H groups in total. The molecule has 2 aromatic rings. The first kappa shape index (κ1) is 41.1. The molecule has 1 amide bonds. The number of hydrogen-bond donors (Lipinski definition) is 3. The first-order valence-corrected chi connectivity index (χ1v) is 21.4. The van der Waals surface area contributed by atoms with Crippen LogP contribution in [0.2, 0.25) is 0 Å². The molecule has 0 saturated carbocycles. The fourth-order valence-electron chi connectivity index (χ4n) is 6.88. The smallest absolute Gasteiger partial charge is 0.294 e. The fraction of sp³-hybridized carbons (Fsp3) is 0.444. The van der Waals surface area contributed by atoms with E-state index in [0.717, 1.165) is 35.5 Å². The molecular weight excluding hydrogens is 731 g/mol. The van der Waals surface area contributed by atoms with Gasteiger partial charge in [0.25, 0.3) is 20.2 Å². The number of benzene rings is 2. The summed E-state index contributed by atoms with van der Waals surface area (Å²) < 4.78 is 103. The molecule has 0 bridgehead atoms. The lowest BCUT2D eigenvalue weighted by Crippen LogP contribution is -2.28. The molecule has 0 aromatic heterocycles. The molecule has 0 saturated heterocycles. The highest BCUT2D eigenvalue weighted by Crippen LogP contribution is 2.48. The maximum Gasteiger partial charge on any atom is 0.294 e. The van der Waals surface area contributed by atoms with Gasteiger partial charge in [0.2, 0.25) is 11.6 Å². The highest BCUT2D eigenvalue weighted by Gasteiger charge is 2.45. The van der Waals surface area contributed by atoms with Crippen LogP contribution in [0.5, 0.6) is 0 Å². The molecule has 284 valence electrons. The number of nitrogens with zero attached hydrogens (tertiary/aromatic N) is 2. The van der Waals surface area contributed by atoms with Crippen molar-refractivity contribution in [3.63, 3.8) is 0 Å². The Morgan fingerprint density at radius 1 is 0.885 bits per heavy atom. The number of carbonyl (C=O) groups excluding carboxylic acids is 1. The molecule has 4 rings (SSSR count). The zero-order valence-electron chi connectivity index (χ0n) is 30.0. The topological polar surface area (TPSA) is 215 Å². The minimum absolute atomic E-state index is 0.208. The predicted molar refractivity (Wildman–Crippen MR) is 198 cm³/mol. The Morgan fingerprint density at radius 2 is 1.54 bits per heavy atom. The first-order chi connectivity index (χ1) is 23.9. The van der Waals surface area contributed by atoms with E-state index in [1.165, 1.54) is 24.3 Å². The van der Waals surface area contributed by atoms with Gasteiger partial charge in [-0.1, -0.05) is 31.6 Å². The number of primary amides is 1. The third-order valence-electron chi connectivity index (χ3n) is 9.66. The Morgan fingerprint density at radius 3 is 2.15 bits per heavy atom. The molecule has 2 aliphatic rings. The molecule has 0 spiro atoms. The van der Waals surface area contributed by atoms with Crippen molar-refractivity contribution in [1.29, 1.82) is 0 Å². The van der Waals surface area contributed by atoms with Gasteiger partial charge in [0.15, 0.2) is 5.71 Å². The lowest BCUT2D eigenvalue weighted by molar-refractivity contribution is -0.438. The summed E-state index contributed by atoms with van der Waals surface area (Å²) >= 11 is 0. The van der Waals surface area contributed by atoms with E-state index >= 15 is 0 Å². The van der Waals surface area contributed by atoms with E-state index in [-0.39, 0.29) is 34.3 Å². The highest BCUT2D eigenvalue weighted by molar-refractivity contribution is 7.86. The highest BCUT2D eigenvalue weighted by atomic mass is 32.2. The number of allylic oxidation sites excluding steroid dienone is 6. The number of anilines is 1. The molecule has 13 nitrogen and oxygen atoms in total. The van der Waals surface area contributed by atoms with E-state index < -0.39 is 41.2 Å². The quantitative estimate of drug-likeness (QED) is 0.0881. The van der Waals surface area contributed by atoms with E-state index in [0.29, 0.717) is 42.7 Å². The van der Waals surface area contributed by atoms with Crippen LogP contribution in [0.25, 0.3) is 0 Å². The zero-order valence-corrected chi connectivity index (χ0v) is 32.4. The second kappa shape index (κ2) is 15.4. The van der Waals surface area contributed by atoms with Crippen molar-refractivity contribution in [3.8, 4) is 0 Å². The minimum atomic E-state index is -4.68. The first-order valence-electron chi connectivity index (χ1n) is 16.9. The van der Waals surface area contributed by atoms with Gasteiger partial charge in [0.05, 0.1) is 21.0 Å². The molecule has 0 atom stereocenters. The SMILES string of the molecule is CC(C=CC1=[N+](CCCCCC(N)=O)c2ccc(S(=O)(=O)[O-])cc2C1(C)C)=CC=C1N(CCCCS(=O)(=O)O)c2ccc(S(=O)(=O)O)cc2C1(C)C. The lowest BCUT2D eigenvalue weighted by Gasteiger charge is -2.27. The van der Waals surface area contributed by atoms with E-state index in [2.05, 4.69) is 4.58 Å². The van der Waals surface area contributed by atoms with Crippen LogP contribution in [-0.4, -0.2) is 73.9 Å². The van der Waals surface area contributed by atoms with Gasteiger partial charge in [-0.3, -0.25) is 13.9 Å². The summed E-state index contributed by atoms with van der Waals surface area (Å²) in [5, 5.41) is 0. The molecule has 2 heterocycles. The van der Waals surface area contributed by atoms with Gasteiger partial charge in [0, 0.05) is 53.9 Å². The average molecular weight is 778 g/mol. The molecular formula is C36H47N3O10S3. The number of unbranched alkanes of at least 4 members (excludes halogenated alkanes) is 3. The van der Waals surface area contributed by atoms with Crippen LogP contribution < -0.4 is 10.6 Å². The zero-order chi connectivity index (χ0) is 38.9. The van der Waals surface area contributed by atoms with Crippen LogP contribution in [0.3, 0.4) is 0 Å². The lowest BCUT2D eigenvalue weighted by atomic mass is 9.81. The Labute approximate surface area is 306 Å².